The van der Waals surface area contributed by atoms with Crippen LogP contribution in [0.3, 0.4) is 0 Å². The molecular weight excluding hydrogens is 278 g/mol. The summed E-state index contributed by atoms with van der Waals surface area (Å²) in [5.74, 6) is -0.781. The molecule has 0 aromatic heterocycles. The Morgan fingerprint density at radius 1 is 1.36 bits per heavy atom. The van der Waals surface area contributed by atoms with Crippen LogP contribution in [0.15, 0.2) is 24.3 Å². The third kappa shape index (κ3) is 7.25. The van der Waals surface area contributed by atoms with E-state index in [-0.39, 0.29) is 11.3 Å². The van der Waals surface area contributed by atoms with E-state index >= 15 is 0 Å². The lowest BCUT2D eigenvalue weighted by Gasteiger charge is -2.15. The number of hydrogen-bond donors (Lipinski definition) is 2. The molecule has 0 radical (unpaired) electrons. The van der Waals surface area contributed by atoms with Gasteiger partial charge in [-0.1, -0.05) is 26.0 Å². The van der Waals surface area contributed by atoms with Crippen molar-refractivity contribution >= 4 is 0 Å². The minimum Gasteiger partial charge on any atom is -0.491 e. The maximum Gasteiger partial charge on any atom is 0.119 e. The quantitative estimate of drug-likeness (QED) is 0.658. The van der Waals surface area contributed by atoms with E-state index in [1.165, 1.54) is 0 Å². The summed E-state index contributed by atoms with van der Waals surface area (Å²) in [5.41, 5.74) is -0.245. The van der Waals surface area contributed by atoms with Crippen molar-refractivity contribution in [1.29, 1.82) is 0 Å². The fraction of sp³-hybridized carbons (Fsp3) is 0.667. The lowest BCUT2D eigenvalue weighted by atomic mass is 10.1. The first kappa shape index (κ1) is 7.65. The van der Waals surface area contributed by atoms with Gasteiger partial charge in [-0.2, -0.15) is 0 Å². The summed E-state index contributed by atoms with van der Waals surface area (Å²) in [7, 11) is 0. The van der Waals surface area contributed by atoms with Crippen LogP contribution in [0.4, 0.5) is 0 Å². The summed E-state index contributed by atoms with van der Waals surface area (Å²) in [6.07, 6.45) is -5.13. The summed E-state index contributed by atoms with van der Waals surface area (Å²) < 4.78 is 97.2. The van der Waals surface area contributed by atoms with Gasteiger partial charge in [-0.05, 0) is 42.8 Å². The second kappa shape index (κ2) is 9.13. The van der Waals surface area contributed by atoms with Crippen LogP contribution in [0.5, 0.6) is 5.75 Å². The van der Waals surface area contributed by atoms with E-state index in [9.17, 15) is 5.11 Å². The molecule has 1 fully saturated rings. The molecule has 0 amide bonds. The monoisotopic (exact) mass is 318 g/mol. The molecule has 2 N–H and O–H groups in total. The molecule has 1 aromatic carbocycles. The first-order chi connectivity index (χ1) is 14.7. The van der Waals surface area contributed by atoms with Crippen LogP contribution in [0.2, 0.25) is 0 Å². The molecule has 4 nitrogen and oxygen atoms in total. The van der Waals surface area contributed by atoms with E-state index in [0.29, 0.717) is 12.8 Å². The van der Waals surface area contributed by atoms with E-state index in [4.69, 9.17) is 24.6 Å². The van der Waals surface area contributed by atoms with Crippen LogP contribution in [-0.2, 0) is 11.1 Å². The Morgan fingerprint density at radius 2 is 2.09 bits per heavy atom. The molecule has 4 heteroatoms. The Labute approximate surface area is 149 Å². The minimum absolute atomic E-state index is 0.245. The molecule has 0 aliphatic heterocycles. The summed E-state index contributed by atoms with van der Waals surface area (Å²) in [4.78, 5) is 0. The Hall–Kier alpha value is -1.10. The van der Waals surface area contributed by atoms with Crippen molar-refractivity contribution in [1.82, 2.24) is 5.32 Å². The summed E-state index contributed by atoms with van der Waals surface area (Å²) in [6, 6.07) is 3.76. The number of nitrogens with one attached hydrogen (secondary N) is 1. The second-order valence-electron chi connectivity index (χ2n) is 5.22. The molecule has 1 atom stereocenters. The van der Waals surface area contributed by atoms with Gasteiger partial charge in [0.25, 0.3) is 0 Å². The van der Waals surface area contributed by atoms with Gasteiger partial charge in [-0.25, -0.2) is 0 Å². The lowest BCUT2D eigenvalue weighted by molar-refractivity contribution is 0.104. The molecule has 1 saturated carbocycles. The average molecular weight is 319 g/mol. The first-order valence-corrected chi connectivity index (χ1v) is 7.16. The van der Waals surface area contributed by atoms with Gasteiger partial charge in [0.15, 0.2) is 0 Å². The molecule has 1 aromatic rings. The standard InChI is InChI=1S/C18H29NO3/c1-14(2)19-11-17(20)13-22-18-7-5-15(6-8-18)9-10-21-12-16-3-4-16/h5-8,14,16-17,19-20H,3-4,9-13H2,1-2H3/i9D2,10D2,11D2,12D2,13D2,17D. The largest absolute Gasteiger partial charge is 0.491 e. The van der Waals surface area contributed by atoms with E-state index in [2.05, 4.69) is 5.32 Å². The van der Waals surface area contributed by atoms with Crippen molar-refractivity contribution in [3.8, 4) is 5.75 Å². The molecule has 1 aliphatic carbocycles. The number of hydrogen-bond acceptors (Lipinski definition) is 4. The van der Waals surface area contributed by atoms with Crippen LogP contribution in [0.1, 0.15) is 47.3 Å². The van der Waals surface area contributed by atoms with E-state index < -0.39 is 50.6 Å². The highest BCUT2D eigenvalue weighted by Crippen LogP contribution is 2.28. The fourth-order valence-corrected chi connectivity index (χ4v) is 1.35. The van der Waals surface area contributed by atoms with Gasteiger partial charge >= 0.3 is 0 Å². The third-order valence-corrected chi connectivity index (χ3v) is 2.65. The molecule has 0 saturated heterocycles. The fourth-order valence-electron chi connectivity index (χ4n) is 1.35. The molecular formula is C18H29NO3. The zero-order chi connectivity index (χ0) is 25.7. The van der Waals surface area contributed by atoms with Gasteiger partial charge in [-0.15, -0.1) is 0 Å². The number of rotatable bonds is 11. The number of aliphatic hydroxyl groups is 1. The molecule has 22 heavy (non-hydrogen) atoms. The molecule has 2 rings (SSSR count). The Balaban J connectivity index is 2.21. The van der Waals surface area contributed by atoms with Crippen LogP contribution in [0, 0.1) is 5.92 Å². The Bertz CT molecular complexity index is 824. The Morgan fingerprint density at radius 3 is 2.73 bits per heavy atom. The highest BCUT2D eigenvalue weighted by molar-refractivity contribution is 5.27. The normalized spacial score (nSPS) is 28.1. The van der Waals surface area contributed by atoms with Gasteiger partial charge in [0.05, 0.1) is 16.2 Å². The number of aryl methyl sites for hydroxylation is 1. The minimum atomic E-state index is -3.38. The first-order valence-electron chi connectivity index (χ1n) is 12.7. The van der Waals surface area contributed by atoms with E-state index in [1.807, 2.05) is 0 Å². The van der Waals surface area contributed by atoms with E-state index in [0.717, 1.165) is 24.3 Å². The van der Waals surface area contributed by atoms with Gasteiger partial charge in [-0.3, -0.25) is 0 Å². The summed E-state index contributed by atoms with van der Waals surface area (Å²) >= 11 is 0. The highest BCUT2D eigenvalue weighted by Gasteiger charge is 2.20. The van der Waals surface area contributed by atoms with Crippen molar-refractivity contribution in [2.24, 2.45) is 5.92 Å². The van der Waals surface area contributed by atoms with Crippen LogP contribution < -0.4 is 10.1 Å². The second-order valence-corrected chi connectivity index (χ2v) is 5.22. The SMILES string of the molecule is [2H]C([2H])(OC([2H])([2H])C([2H])([2H])c1ccc(OC([2H])([2H])C([2H])(O)C([2H])([2H])NC(C)C)cc1)C1CC1. The molecule has 124 valence electrons. The Kier molecular flexibility index (Phi) is 3.17. The zero-order valence-corrected chi connectivity index (χ0v) is 12.6. The maximum atomic E-state index is 10.3. The molecule has 1 aliphatic rings. The van der Waals surface area contributed by atoms with Crippen molar-refractivity contribution in [2.75, 3.05) is 26.2 Å². The van der Waals surface area contributed by atoms with Crippen LogP contribution in [0.25, 0.3) is 0 Å². The molecule has 1 unspecified atom stereocenters. The van der Waals surface area contributed by atoms with Gasteiger partial charge in [0.1, 0.15) is 18.4 Å². The average Bonchev–Trinajstić information content (AvgIpc) is 3.45. The number of benzene rings is 1. The molecule has 0 spiro atoms. The number of ether oxygens (including phenoxy) is 2. The summed E-state index contributed by atoms with van der Waals surface area (Å²) in [6.45, 7) is -8.40. The van der Waals surface area contributed by atoms with Crippen molar-refractivity contribution in [2.45, 2.75) is 45.2 Å². The smallest absolute Gasteiger partial charge is 0.119 e. The third-order valence-electron chi connectivity index (χ3n) is 2.65. The molecule has 0 bridgehead atoms. The van der Waals surface area contributed by atoms with Gasteiger partial charge in [0.2, 0.25) is 0 Å². The maximum absolute atomic E-state index is 10.3. The van der Waals surface area contributed by atoms with Gasteiger partial charge < -0.3 is 19.9 Å². The predicted octanol–water partition coefficient (Wildman–Crippen LogP) is 2.39. The van der Waals surface area contributed by atoms with Crippen molar-refractivity contribution < 1.29 is 29.7 Å². The zero-order valence-electron chi connectivity index (χ0n) is 23.6. The summed E-state index contributed by atoms with van der Waals surface area (Å²) in [5, 5.41) is 12.6. The van der Waals surface area contributed by atoms with E-state index in [1.54, 1.807) is 13.8 Å². The predicted molar refractivity (Wildman–Crippen MR) is 88.3 cm³/mol. The van der Waals surface area contributed by atoms with Crippen molar-refractivity contribution in [3.63, 3.8) is 0 Å². The van der Waals surface area contributed by atoms with Crippen LogP contribution in [-0.4, -0.2) is 43.4 Å². The topological polar surface area (TPSA) is 50.7 Å². The highest BCUT2D eigenvalue weighted by atomic mass is 16.5. The van der Waals surface area contributed by atoms with Crippen LogP contribution >= 0.6 is 0 Å². The van der Waals surface area contributed by atoms with Crippen molar-refractivity contribution in [3.05, 3.63) is 29.8 Å². The van der Waals surface area contributed by atoms with Gasteiger partial charge in [0, 0.05) is 24.6 Å². The molecule has 0 heterocycles. The lowest BCUT2D eigenvalue weighted by Crippen LogP contribution is -2.35.